The molecule has 5 rings (SSSR count). The molecule has 1 heterocycles. The smallest absolute Gasteiger partial charge is 0.124 e. The van der Waals surface area contributed by atoms with Crippen molar-refractivity contribution in [3.05, 3.63) is 87.0 Å². The molecule has 5 heteroatoms. The zero-order valence-corrected chi connectivity index (χ0v) is 24.7. The summed E-state index contributed by atoms with van der Waals surface area (Å²) in [5.74, 6) is 7.34. The molecule has 0 saturated heterocycles. The van der Waals surface area contributed by atoms with Crippen molar-refractivity contribution in [2.24, 2.45) is 11.3 Å². The van der Waals surface area contributed by atoms with Gasteiger partial charge in [-0.3, -0.25) is 4.90 Å². The minimum atomic E-state index is 0.00827. The van der Waals surface area contributed by atoms with Crippen molar-refractivity contribution in [3.8, 4) is 5.75 Å². The first-order chi connectivity index (χ1) is 18.5. The van der Waals surface area contributed by atoms with Gasteiger partial charge in [0.25, 0.3) is 0 Å². The van der Waals surface area contributed by atoms with Crippen LogP contribution < -0.4 is 21.3 Å². The lowest BCUT2D eigenvalue weighted by Crippen LogP contribution is -2.27. The molecule has 5 nitrogen and oxygen atoms in total. The Morgan fingerprint density at radius 1 is 0.974 bits per heavy atom. The third-order valence-corrected chi connectivity index (χ3v) is 8.78. The van der Waals surface area contributed by atoms with Crippen LogP contribution in [0.2, 0.25) is 0 Å². The fraction of sp³-hybridized carbons (Fsp3) is 0.471. The number of hydrogen-bond donors (Lipinski definition) is 2. The minimum Gasteiger partial charge on any atom is -0.492 e. The highest BCUT2D eigenvalue weighted by Gasteiger charge is 2.31. The Kier molecular flexibility index (Phi) is 7.67. The summed E-state index contributed by atoms with van der Waals surface area (Å²) >= 11 is 0. The largest absolute Gasteiger partial charge is 0.492 e. The number of anilines is 2. The van der Waals surface area contributed by atoms with Crippen LogP contribution in [0.15, 0.2) is 42.5 Å². The predicted molar refractivity (Wildman–Crippen MR) is 163 cm³/mol. The summed E-state index contributed by atoms with van der Waals surface area (Å²) in [6, 6.07) is 16.1. The molecule has 1 atom stereocenters. The van der Waals surface area contributed by atoms with Crippen LogP contribution >= 0.6 is 0 Å². The first kappa shape index (κ1) is 27.5. The number of nitrogens with zero attached hydrogens (tertiary/aromatic N) is 2. The van der Waals surface area contributed by atoms with Crippen LogP contribution in [0.4, 0.5) is 11.4 Å². The highest BCUT2D eigenvalue weighted by Crippen LogP contribution is 2.44. The Labute approximate surface area is 235 Å². The fourth-order valence-corrected chi connectivity index (χ4v) is 6.59. The van der Waals surface area contributed by atoms with E-state index in [9.17, 15) is 0 Å². The van der Waals surface area contributed by atoms with Gasteiger partial charge < -0.3 is 15.5 Å². The number of aryl methyl sites for hydroxylation is 3. The molecule has 0 bridgehead atoms. The van der Waals surface area contributed by atoms with E-state index in [1.54, 1.807) is 5.01 Å². The number of fused-ring (bicyclic) bond motifs is 2. The lowest BCUT2D eigenvalue weighted by molar-refractivity contribution is 0.219. The normalized spacial score (nSPS) is 16.6. The van der Waals surface area contributed by atoms with Crippen molar-refractivity contribution >= 4 is 11.4 Å². The quantitative estimate of drug-likeness (QED) is 0.221. The van der Waals surface area contributed by atoms with E-state index in [4.69, 9.17) is 16.3 Å². The molecule has 1 unspecified atom stereocenters. The lowest BCUT2D eigenvalue weighted by Gasteiger charge is -2.34. The first-order valence-electron chi connectivity index (χ1n) is 14.5. The van der Waals surface area contributed by atoms with Gasteiger partial charge in [-0.15, -0.1) is 0 Å². The SMILES string of the molecule is Cc1ccc(C(c2ccc(N(C)N)c(N)c2C)C(C)(C)C)cc1CN1CCOc2cc3c(cc2C1)CCCC3. The molecule has 0 radical (unpaired) electrons. The van der Waals surface area contributed by atoms with Gasteiger partial charge in [0, 0.05) is 38.2 Å². The Hall–Kier alpha value is -3.02. The maximum absolute atomic E-state index is 6.58. The molecule has 1 aliphatic carbocycles. The van der Waals surface area contributed by atoms with Crippen LogP contribution in [-0.4, -0.2) is 25.1 Å². The van der Waals surface area contributed by atoms with Gasteiger partial charge in [-0.1, -0.05) is 51.1 Å². The van der Waals surface area contributed by atoms with Crippen LogP contribution in [0.1, 0.15) is 84.0 Å². The lowest BCUT2D eigenvalue weighted by atomic mass is 9.71. The summed E-state index contributed by atoms with van der Waals surface area (Å²) in [5.41, 5.74) is 19.0. The topological polar surface area (TPSA) is 67.8 Å². The maximum atomic E-state index is 6.58. The van der Waals surface area contributed by atoms with Gasteiger partial charge in [0.1, 0.15) is 12.4 Å². The van der Waals surface area contributed by atoms with Crippen LogP contribution in [0.25, 0.3) is 0 Å². The second-order valence-electron chi connectivity index (χ2n) is 12.8. The molecule has 39 heavy (non-hydrogen) atoms. The molecule has 1 aliphatic heterocycles. The Morgan fingerprint density at radius 2 is 1.69 bits per heavy atom. The van der Waals surface area contributed by atoms with Crippen molar-refractivity contribution in [1.29, 1.82) is 0 Å². The first-order valence-corrected chi connectivity index (χ1v) is 14.5. The summed E-state index contributed by atoms with van der Waals surface area (Å²) in [7, 11) is 1.83. The van der Waals surface area contributed by atoms with Gasteiger partial charge in [-0.05, 0) is 96.0 Å². The molecular weight excluding hydrogens is 480 g/mol. The average molecular weight is 527 g/mol. The van der Waals surface area contributed by atoms with Crippen LogP contribution in [-0.2, 0) is 25.9 Å². The molecular formula is C34H46N4O. The summed E-state index contributed by atoms with van der Waals surface area (Å²) < 4.78 is 6.26. The summed E-state index contributed by atoms with van der Waals surface area (Å²) in [6.45, 7) is 14.8. The number of hydrazine groups is 1. The fourth-order valence-electron chi connectivity index (χ4n) is 6.59. The number of hydrogen-bond acceptors (Lipinski definition) is 5. The van der Waals surface area contributed by atoms with Gasteiger partial charge >= 0.3 is 0 Å². The van der Waals surface area contributed by atoms with Gasteiger partial charge in [-0.25, -0.2) is 5.84 Å². The average Bonchev–Trinajstić information content (AvgIpc) is 3.07. The highest BCUT2D eigenvalue weighted by molar-refractivity contribution is 5.72. The standard InChI is InChI=1S/C34H46N4O/c1-22-11-12-26(32(34(3,4)5)29-13-14-30(37(6)36)33(35)23(29)2)18-27(22)20-38-15-16-39-31-19-25-10-8-7-9-24(25)17-28(31)21-38/h11-14,17-19,32H,7-10,15-16,20-21,35-36H2,1-6H3. The Bertz CT molecular complexity index is 1350. The Balaban J connectivity index is 1.46. The van der Waals surface area contributed by atoms with E-state index >= 15 is 0 Å². The molecule has 4 N–H and O–H groups in total. The van der Waals surface area contributed by atoms with Crippen molar-refractivity contribution < 1.29 is 4.74 Å². The zero-order chi connectivity index (χ0) is 27.9. The van der Waals surface area contributed by atoms with E-state index in [0.29, 0.717) is 0 Å². The number of ether oxygens (including phenoxy) is 1. The third-order valence-electron chi connectivity index (χ3n) is 8.78. The van der Waals surface area contributed by atoms with Crippen molar-refractivity contribution in [3.63, 3.8) is 0 Å². The van der Waals surface area contributed by atoms with Crippen molar-refractivity contribution in [1.82, 2.24) is 4.90 Å². The molecule has 0 fully saturated rings. The van der Waals surface area contributed by atoms with Crippen molar-refractivity contribution in [2.45, 2.75) is 79.3 Å². The molecule has 3 aromatic rings. The van der Waals surface area contributed by atoms with Gasteiger partial charge in [0.2, 0.25) is 0 Å². The van der Waals surface area contributed by atoms with E-state index in [1.807, 2.05) is 7.05 Å². The molecule has 3 aromatic carbocycles. The second-order valence-corrected chi connectivity index (χ2v) is 12.8. The molecule has 0 aromatic heterocycles. The molecule has 0 amide bonds. The number of nitrogens with two attached hydrogens (primary N) is 2. The minimum absolute atomic E-state index is 0.00827. The number of benzene rings is 3. The van der Waals surface area contributed by atoms with E-state index in [-0.39, 0.29) is 11.3 Å². The van der Waals surface area contributed by atoms with E-state index in [1.165, 1.54) is 64.6 Å². The van der Waals surface area contributed by atoms with E-state index < -0.39 is 0 Å². The Morgan fingerprint density at radius 3 is 2.38 bits per heavy atom. The number of rotatable bonds is 5. The van der Waals surface area contributed by atoms with Crippen LogP contribution in [0.3, 0.4) is 0 Å². The number of nitrogen functional groups attached to an aromatic ring is 1. The molecule has 0 saturated carbocycles. The van der Waals surface area contributed by atoms with Gasteiger partial charge in [0.15, 0.2) is 0 Å². The molecule has 2 aliphatic rings. The van der Waals surface area contributed by atoms with Crippen LogP contribution in [0.5, 0.6) is 5.75 Å². The molecule has 208 valence electrons. The van der Waals surface area contributed by atoms with Crippen molar-refractivity contribution in [2.75, 3.05) is 30.9 Å². The predicted octanol–water partition coefficient (Wildman–Crippen LogP) is 6.65. The molecule has 0 spiro atoms. The second kappa shape index (κ2) is 10.9. The van der Waals surface area contributed by atoms with E-state index in [0.717, 1.165) is 48.9 Å². The summed E-state index contributed by atoms with van der Waals surface area (Å²) in [5, 5.41) is 1.60. The monoisotopic (exact) mass is 526 g/mol. The van der Waals surface area contributed by atoms with Gasteiger partial charge in [-0.2, -0.15) is 0 Å². The van der Waals surface area contributed by atoms with Crippen LogP contribution in [0, 0.1) is 19.3 Å². The zero-order valence-electron chi connectivity index (χ0n) is 24.7. The third kappa shape index (κ3) is 5.66. The summed E-state index contributed by atoms with van der Waals surface area (Å²) in [4.78, 5) is 2.55. The van der Waals surface area contributed by atoms with Gasteiger partial charge in [0.05, 0.1) is 11.4 Å². The summed E-state index contributed by atoms with van der Waals surface area (Å²) in [6.07, 6.45) is 4.98. The van der Waals surface area contributed by atoms with E-state index in [2.05, 4.69) is 82.0 Å². The highest BCUT2D eigenvalue weighted by atomic mass is 16.5. The maximum Gasteiger partial charge on any atom is 0.124 e.